The molecule has 1 heterocycles. The number of ether oxygens (including phenoxy) is 2. The highest BCUT2D eigenvalue weighted by Crippen LogP contribution is 2.39. The molecule has 0 aliphatic carbocycles. The summed E-state index contributed by atoms with van der Waals surface area (Å²) in [6.45, 7) is 5.46. The third kappa shape index (κ3) is 8.00. The molecule has 1 rings (SSSR count). The molecule has 4 nitrogen and oxygen atoms in total. The Labute approximate surface area is 135 Å². The quantitative estimate of drug-likeness (QED) is 0.273. The second kappa shape index (κ2) is 10.4. The number of esters is 2. The standard InChI is InChI=1S/C15H26O4S2/c1-4-13(16)18-15(11(2)3)19-14(17)8-6-5-7-12-9-10-20-21-12/h11-12,15H,4-10H2,1-3H3. The number of hydrogen-bond donors (Lipinski definition) is 0. The molecule has 0 aromatic carbocycles. The second-order valence-corrected chi connectivity index (χ2v) is 8.31. The maximum atomic E-state index is 11.8. The monoisotopic (exact) mass is 334 g/mol. The zero-order valence-corrected chi connectivity index (χ0v) is 14.8. The minimum absolute atomic E-state index is 0.0311. The summed E-state index contributed by atoms with van der Waals surface area (Å²) in [6, 6.07) is 0. The summed E-state index contributed by atoms with van der Waals surface area (Å²) in [5.74, 6) is 0.607. The van der Waals surface area contributed by atoms with E-state index in [-0.39, 0.29) is 24.3 Å². The van der Waals surface area contributed by atoms with Crippen molar-refractivity contribution in [2.24, 2.45) is 5.92 Å². The van der Waals surface area contributed by atoms with Gasteiger partial charge in [0.25, 0.3) is 0 Å². The highest BCUT2D eigenvalue weighted by Gasteiger charge is 2.22. The molecular weight excluding hydrogens is 308 g/mol. The van der Waals surface area contributed by atoms with E-state index in [4.69, 9.17) is 9.47 Å². The first-order valence-corrected chi connectivity index (χ1v) is 10.1. The van der Waals surface area contributed by atoms with Gasteiger partial charge in [-0.1, -0.05) is 48.8 Å². The maximum Gasteiger partial charge on any atom is 0.308 e. The Kier molecular flexibility index (Phi) is 9.24. The Bertz CT molecular complexity index is 328. The molecule has 0 aromatic heterocycles. The predicted molar refractivity (Wildman–Crippen MR) is 88.0 cm³/mol. The van der Waals surface area contributed by atoms with Crippen LogP contribution in [-0.2, 0) is 19.1 Å². The Morgan fingerprint density at radius 3 is 2.48 bits per heavy atom. The van der Waals surface area contributed by atoms with E-state index in [1.165, 1.54) is 18.6 Å². The van der Waals surface area contributed by atoms with Crippen LogP contribution in [0.25, 0.3) is 0 Å². The van der Waals surface area contributed by atoms with Gasteiger partial charge in [-0.05, 0) is 19.3 Å². The minimum Gasteiger partial charge on any atom is -0.425 e. The van der Waals surface area contributed by atoms with E-state index in [1.54, 1.807) is 6.92 Å². The topological polar surface area (TPSA) is 52.6 Å². The molecule has 0 radical (unpaired) electrons. The van der Waals surface area contributed by atoms with Crippen LogP contribution in [0.2, 0.25) is 0 Å². The van der Waals surface area contributed by atoms with Gasteiger partial charge in [0, 0.05) is 29.8 Å². The molecule has 0 amide bonds. The van der Waals surface area contributed by atoms with E-state index in [1.807, 2.05) is 35.4 Å². The summed E-state index contributed by atoms with van der Waals surface area (Å²) >= 11 is 0. The fraction of sp³-hybridized carbons (Fsp3) is 0.867. The SMILES string of the molecule is CCC(=O)OC(OC(=O)CCCCC1CCSS1)C(C)C. The predicted octanol–water partition coefficient (Wildman–Crippen LogP) is 4.18. The summed E-state index contributed by atoms with van der Waals surface area (Å²) < 4.78 is 10.4. The minimum atomic E-state index is -0.758. The zero-order valence-electron chi connectivity index (χ0n) is 13.1. The first kappa shape index (κ1) is 18.7. The van der Waals surface area contributed by atoms with Crippen LogP contribution in [0, 0.1) is 5.92 Å². The Balaban J connectivity index is 2.18. The molecule has 21 heavy (non-hydrogen) atoms. The van der Waals surface area contributed by atoms with Gasteiger partial charge in [0.1, 0.15) is 0 Å². The second-order valence-electron chi connectivity index (χ2n) is 5.52. The van der Waals surface area contributed by atoms with E-state index < -0.39 is 6.29 Å². The lowest BCUT2D eigenvalue weighted by molar-refractivity contribution is -0.195. The lowest BCUT2D eigenvalue weighted by Crippen LogP contribution is -2.29. The number of carbonyl (C=O) groups is 2. The summed E-state index contributed by atoms with van der Waals surface area (Å²) in [5, 5.41) is 0.750. The Morgan fingerprint density at radius 2 is 1.90 bits per heavy atom. The largest absolute Gasteiger partial charge is 0.425 e. The van der Waals surface area contributed by atoms with E-state index in [9.17, 15) is 9.59 Å². The van der Waals surface area contributed by atoms with E-state index in [0.29, 0.717) is 6.42 Å². The first-order chi connectivity index (χ1) is 10.0. The van der Waals surface area contributed by atoms with Gasteiger partial charge in [-0.3, -0.25) is 9.59 Å². The molecule has 0 spiro atoms. The molecule has 0 bridgehead atoms. The van der Waals surface area contributed by atoms with E-state index in [2.05, 4.69) is 0 Å². The maximum absolute atomic E-state index is 11.8. The van der Waals surface area contributed by atoms with Gasteiger partial charge < -0.3 is 9.47 Å². The van der Waals surface area contributed by atoms with Crippen LogP contribution < -0.4 is 0 Å². The molecule has 122 valence electrons. The molecule has 1 saturated heterocycles. The smallest absolute Gasteiger partial charge is 0.308 e. The van der Waals surface area contributed by atoms with Crippen molar-refractivity contribution >= 4 is 33.5 Å². The van der Waals surface area contributed by atoms with Crippen molar-refractivity contribution in [2.75, 3.05) is 5.75 Å². The van der Waals surface area contributed by atoms with Crippen molar-refractivity contribution < 1.29 is 19.1 Å². The van der Waals surface area contributed by atoms with Crippen LogP contribution >= 0.6 is 21.6 Å². The first-order valence-electron chi connectivity index (χ1n) is 7.70. The fourth-order valence-electron chi connectivity index (χ4n) is 1.90. The normalized spacial score (nSPS) is 19.5. The van der Waals surface area contributed by atoms with Gasteiger partial charge >= 0.3 is 11.9 Å². The lowest BCUT2D eigenvalue weighted by atomic mass is 10.1. The number of unbranched alkanes of at least 4 members (excludes halogenated alkanes) is 1. The molecular formula is C15H26O4S2. The van der Waals surface area contributed by atoms with E-state index in [0.717, 1.165) is 18.1 Å². The third-order valence-electron chi connectivity index (χ3n) is 3.21. The van der Waals surface area contributed by atoms with Crippen molar-refractivity contribution in [1.82, 2.24) is 0 Å². The van der Waals surface area contributed by atoms with Crippen LogP contribution in [-0.4, -0.2) is 29.2 Å². The van der Waals surface area contributed by atoms with Crippen molar-refractivity contribution in [2.45, 2.75) is 70.8 Å². The van der Waals surface area contributed by atoms with Gasteiger partial charge in [0.15, 0.2) is 0 Å². The number of hydrogen-bond acceptors (Lipinski definition) is 6. The molecule has 2 unspecified atom stereocenters. The Hall–Kier alpha value is -0.360. The van der Waals surface area contributed by atoms with Gasteiger partial charge in [0.05, 0.1) is 0 Å². The van der Waals surface area contributed by atoms with Crippen molar-refractivity contribution in [3.05, 3.63) is 0 Å². The molecule has 2 atom stereocenters. The van der Waals surface area contributed by atoms with Crippen LogP contribution in [0.4, 0.5) is 0 Å². The van der Waals surface area contributed by atoms with Crippen LogP contribution in [0.3, 0.4) is 0 Å². The van der Waals surface area contributed by atoms with Crippen molar-refractivity contribution in [3.8, 4) is 0 Å². The van der Waals surface area contributed by atoms with Gasteiger partial charge in [0.2, 0.25) is 6.29 Å². The molecule has 6 heteroatoms. The number of rotatable bonds is 9. The van der Waals surface area contributed by atoms with Crippen molar-refractivity contribution in [1.29, 1.82) is 0 Å². The zero-order chi connectivity index (χ0) is 15.7. The average Bonchev–Trinajstić information content (AvgIpc) is 2.95. The molecule has 0 aromatic rings. The molecule has 0 saturated carbocycles. The lowest BCUT2D eigenvalue weighted by Gasteiger charge is -2.21. The highest BCUT2D eigenvalue weighted by atomic mass is 33.1. The molecule has 0 N–H and O–H groups in total. The van der Waals surface area contributed by atoms with Gasteiger partial charge in [-0.15, -0.1) is 0 Å². The van der Waals surface area contributed by atoms with Crippen LogP contribution in [0.1, 0.15) is 59.3 Å². The summed E-state index contributed by atoms with van der Waals surface area (Å²) in [7, 11) is 3.91. The van der Waals surface area contributed by atoms with Crippen molar-refractivity contribution in [3.63, 3.8) is 0 Å². The molecule has 1 aliphatic rings. The molecule has 1 fully saturated rings. The fourth-order valence-corrected chi connectivity index (χ4v) is 4.93. The van der Waals surface area contributed by atoms with E-state index >= 15 is 0 Å². The summed E-state index contributed by atoms with van der Waals surface area (Å²) in [6.07, 6.45) is 4.27. The molecule has 1 aliphatic heterocycles. The average molecular weight is 335 g/mol. The number of carbonyl (C=O) groups excluding carboxylic acids is 2. The summed E-state index contributed by atoms with van der Waals surface area (Å²) in [5.41, 5.74) is 0. The third-order valence-corrected chi connectivity index (χ3v) is 6.22. The summed E-state index contributed by atoms with van der Waals surface area (Å²) in [4.78, 5) is 23.1. The van der Waals surface area contributed by atoms with Gasteiger partial charge in [-0.2, -0.15) is 0 Å². The van der Waals surface area contributed by atoms with Crippen LogP contribution in [0.5, 0.6) is 0 Å². The highest BCUT2D eigenvalue weighted by molar-refractivity contribution is 8.77. The Morgan fingerprint density at radius 1 is 1.19 bits per heavy atom. The van der Waals surface area contributed by atoms with Gasteiger partial charge in [-0.25, -0.2) is 0 Å². The van der Waals surface area contributed by atoms with Crippen LogP contribution in [0.15, 0.2) is 0 Å².